The second-order valence-corrected chi connectivity index (χ2v) is 5.81. The van der Waals surface area contributed by atoms with Crippen molar-refractivity contribution in [3.63, 3.8) is 0 Å². The third-order valence-corrected chi connectivity index (χ3v) is 4.01. The Labute approximate surface area is 157 Å². The minimum absolute atomic E-state index is 0.142. The predicted molar refractivity (Wildman–Crippen MR) is 97.0 cm³/mol. The molecule has 0 spiro atoms. The van der Waals surface area contributed by atoms with E-state index < -0.39 is 18.2 Å². The molecule has 1 unspecified atom stereocenters. The lowest BCUT2D eigenvalue weighted by atomic mass is 10.1. The fourth-order valence-corrected chi connectivity index (χ4v) is 2.63. The zero-order valence-electron chi connectivity index (χ0n) is 15.2. The van der Waals surface area contributed by atoms with E-state index in [9.17, 15) is 14.4 Å². The number of amides is 4. The largest absolute Gasteiger partial charge is 0.464 e. The van der Waals surface area contributed by atoms with Crippen LogP contribution < -0.4 is 10.7 Å². The molecule has 0 aliphatic heterocycles. The first-order valence-electron chi connectivity index (χ1n) is 8.27. The molecule has 0 saturated heterocycles. The Hall–Kier alpha value is -2.55. The van der Waals surface area contributed by atoms with E-state index in [1.165, 1.54) is 12.3 Å². The third kappa shape index (κ3) is 5.48. The van der Waals surface area contributed by atoms with Gasteiger partial charge < -0.3 is 15.3 Å². The number of urea groups is 1. The van der Waals surface area contributed by atoms with Crippen molar-refractivity contribution in [2.75, 3.05) is 19.6 Å². The highest BCUT2D eigenvalue weighted by molar-refractivity contribution is 6.31. The average molecular weight is 386 g/mol. The van der Waals surface area contributed by atoms with E-state index in [0.717, 1.165) is 5.01 Å². The summed E-state index contributed by atoms with van der Waals surface area (Å²) in [7, 11) is 0. The molecule has 0 aromatic carbocycles. The van der Waals surface area contributed by atoms with Gasteiger partial charge in [-0.25, -0.2) is 20.0 Å². The minimum atomic E-state index is -1.34. The first-order chi connectivity index (χ1) is 12.2. The molecular weight excluding hydrogens is 362 g/mol. The molecule has 1 atom stereocenters. The van der Waals surface area contributed by atoms with Gasteiger partial charge in [0.2, 0.25) is 0 Å². The Morgan fingerprint density at radius 1 is 1.23 bits per heavy atom. The van der Waals surface area contributed by atoms with Crippen molar-refractivity contribution in [3.05, 3.63) is 28.5 Å². The zero-order valence-corrected chi connectivity index (χ0v) is 16.0. The van der Waals surface area contributed by atoms with E-state index in [1.807, 2.05) is 19.3 Å². The lowest BCUT2D eigenvalue weighted by Gasteiger charge is -2.23. The summed E-state index contributed by atoms with van der Waals surface area (Å²) in [6.07, 6.45) is 0.0718. The minimum Gasteiger partial charge on any atom is -0.464 e. The van der Waals surface area contributed by atoms with Gasteiger partial charge in [-0.15, -0.1) is 0 Å². The van der Waals surface area contributed by atoms with Crippen molar-refractivity contribution < 1.29 is 19.5 Å². The maximum atomic E-state index is 12.3. The summed E-state index contributed by atoms with van der Waals surface area (Å²) >= 11 is 6.23. The number of carbonyl (C=O) groups excluding carboxylic acids is 2. The van der Waals surface area contributed by atoms with Gasteiger partial charge in [-0.1, -0.05) is 11.6 Å². The number of carboxylic acid groups (broad SMARTS) is 1. The maximum absolute atomic E-state index is 12.3. The van der Waals surface area contributed by atoms with Crippen LogP contribution in [0, 0.1) is 0 Å². The molecule has 26 heavy (non-hydrogen) atoms. The lowest BCUT2D eigenvalue weighted by molar-refractivity contribution is 0.0772. The van der Waals surface area contributed by atoms with Gasteiger partial charge in [-0.05, 0) is 33.8 Å². The van der Waals surface area contributed by atoms with Crippen LogP contribution in [0.25, 0.3) is 0 Å². The van der Waals surface area contributed by atoms with Gasteiger partial charge in [-0.2, -0.15) is 0 Å². The number of carbonyl (C=O) groups is 3. The van der Waals surface area contributed by atoms with Crippen LogP contribution in [0.2, 0.25) is 5.02 Å². The number of pyridine rings is 1. The summed E-state index contributed by atoms with van der Waals surface area (Å²) in [4.78, 5) is 41.0. The van der Waals surface area contributed by atoms with Crippen LogP contribution in [-0.4, -0.2) is 57.7 Å². The lowest BCUT2D eigenvalue weighted by Crippen LogP contribution is -2.50. The summed E-state index contributed by atoms with van der Waals surface area (Å²) in [6, 6.07) is 0.293. The summed E-state index contributed by atoms with van der Waals surface area (Å²) < 4.78 is 0. The van der Waals surface area contributed by atoms with Gasteiger partial charge in [0.1, 0.15) is 0 Å². The van der Waals surface area contributed by atoms with Crippen LogP contribution in [0.5, 0.6) is 0 Å². The van der Waals surface area contributed by atoms with Crippen LogP contribution >= 0.6 is 11.6 Å². The maximum Gasteiger partial charge on any atom is 0.423 e. The Kier molecular flexibility index (Phi) is 8.11. The number of hydrogen-bond donors (Lipinski definition) is 3. The molecule has 1 aromatic rings. The first kappa shape index (κ1) is 21.5. The molecule has 0 aliphatic rings. The van der Waals surface area contributed by atoms with Gasteiger partial charge in [0.25, 0.3) is 5.91 Å². The van der Waals surface area contributed by atoms with Crippen molar-refractivity contribution in [1.29, 1.82) is 0 Å². The molecule has 0 aliphatic carbocycles. The van der Waals surface area contributed by atoms with Crippen LogP contribution in [0.15, 0.2) is 12.3 Å². The van der Waals surface area contributed by atoms with Crippen LogP contribution in [0.1, 0.15) is 49.8 Å². The second kappa shape index (κ2) is 9.81. The predicted octanol–water partition coefficient (Wildman–Crippen LogP) is 2.49. The number of hydrazine groups is 1. The smallest absolute Gasteiger partial charge is 0.423 e. The number of halogens is 1. The fraction of sp³-hybridized carbons (Fsp3) is 0.500. The molecule has 0 bridgehead atoms. The first-order valence-corrected chi connectivity index (χ1v) is 8.65. The SMILES string of the molecule is CCN(CC)C(=O)c1cnc(C(C)NC(=O)N(CC)NC(=O)O)c(Cl)c1. The van der Waals surface area contributed by atoms with Gasteiger partial charge >= 0.3 is 12.1 Å². The average Bonchev–Trinajstić information content (AvgIpc) is 2.59. The van der Waals surface area contributed by atoms with Crippen LogP contribution in [0.4, 0.5) is 9.59 Å². The molecule has 0 radical (unpaired) electrons. The van der Waals surface area contributed by atoms with Crippen molar-refractivity contribution in [1.82, 2.24) is 25.6 Å². The van der Waals surface area contributed by atoms with Crippen molar-refractivity contribution in [3.8, 4) is 0 Å². The summed E-state index contributed by atoms with van der Waals surface area (Å²) in [5, 5.41) is 12.5. The highest BCUT2D eigenvalue weighted by atomic mass is 35.5. The Morgan fingerprint density at radius 3 is 2.31 bits per heavy atom. The number of rotatable bonds is 6. The number of nitrogens with zero attached hydrogens (tertiary/aromatic N) is 3. The quantitative estimate of drug-likeness (QED) is 0.651. The molecule has 144 valence electrons. The molecule has 1 heterocycles. The van der Waals surface area contributed by atoms with E-state index in [1.54, 1.807) is 18.7 Å². The van der Waals surface area contributed by atoms with E-state index in [4.69, 9.17) is 16.7 Å². The van der Waals surface area contributed by atoms with Gasteiger partial charge in [0.05, 0.1) is 22.3 Å². The standard InChI is InChI=1S/C16H24ClN5O4/c1-5-21(6-2)14(23)11-8-12(17)13(18-9-11)10(4)19-15(24)22(7-3)20-16(25)26/h8-10,20H,5-7H2,1-4H3,(H,19,24)(H,25,26). The normalized spacial score (nSPS) is 11.4. The molecule has 0 fully saturated rings. The topological polar surface area (TPSA) is 115 Å². The third-order valence-electron chi connectivity index (χ3n) is 3.71. The molecule has 10 heteroatoms. The molecule has 1 aromatic heterocycles. The molecule has 1 rings (SSSR count). The summed E-state index contributed by atoms with van der Waals surface area (Å²) in [5.74, 6) is -0.171. The van der Waals surface area contributed by atoms with E-state index in [-0.39, 0.29) is 17.5 Å². The summed E-state index contributed by atoms with van der Waals surface area (Å²) in [5.41, 5.74) is 2.73. The molecule has 4 amide bonds. The van der Waals surface area contributed by atoms with Gasteiger partial charge in [0, 0.05) is 25.8 Å². The Bertz CT molecular complexity index is 666. The van der Waals surface area contributed by atoms with Crippen molar-refractivity contribution >= 4 is 29.6 Å². The van der Waals surface area contributed by atoms with Crippen molar-refractivity contribution in [2.45, 2.75) is 33.7 Å². The number of nitrogens with one attached hydrogen (secondary N) is 2. The monoisotopic (exact) mass is 385 g/mol. The molecular formula is C16H24ClN5O4. The summed E-state index contributed by atoms with van der Waals surface area (Å²) in [6.45, 7) is 8.34. The van der Waals surface area contributed by atoms with Crippen LogP contribution in [-0.2, 0) is 0 Å². The molecule has 9 nitrogen and oxygen atoms in total. The fourth-order valence-electron chi connectivity index (χ4n) is 2.30. The molecule has 3 N–H and O–H groups in total. The second-order valence-electron chi connectivity index (χ2n) is 5.40. The van der Waals surface area contributed by atoms with Gasteiger partial charge in [-0.3, -0.25) is 9.78 Å². The Balaban J connectivity index is 2.90. The van der Waals surface area contributed by atoms with E-state index in [2.05, 4.69) is 10.3 Å². The highest BCUT2D eigenvalue weighted by Crippen LogP contribution is 2.22. The van der Waals surface area contributed by atoms with Crippen LogP contribution in [0.3, 0.4) is 0 Å². The number of aromatic nitrogens is 1. The van der Waals surface area contributed by atoms with Gasteiger partial charge in [0.15, 0.2) is 0 Å². The van der Waals surface area contributed by atoms with Crippen molar-refractivity contribution in [2.24, 2.45) is 0 Å². The zero-order chi connectivity index (χ0) is 19.9. The Morgan fingerprint density at radius 2 is 1.85 bits per heavy atom. The number of hydrogen-bond acceptors (Lipinski definition) is 4. The van der Waals surface area contributed by atoms with E-state index in [0.29, 0.717) is 24.3 Å². The highest BCUT2D eigenvalue weighted by Gasteiger charge is 2.21. The molecule has 0 saturated carbocycles. The van der Waals surface area contributed by atoms with E-state index >= 15 is 0 Å².